The molecule has 0 aliphatic carbocycles. The van der Waals surface area contributed by atoms with Gasteiger partial charge >= 0.3 is 6.03 Å². The van der Waals surface area contributed by atoms with Crippen LogP contribution in [0.5, 0.6) is 0 Å². The fraction of sp³-hybridized carbons (Fsp3) is 0.588. The molecule has 3 N–H and O–H groups in total. The summed E-state index contributed by atoms with van der Waals surface area (Å²) in [7, 11) is 2.00. The van der Waals surface area contributed by atoms with Crippen molar-refractivity contribution in [3.63, 3.8) is 0 Å². The Bertz CT molecular complexity index is 489. The molecule has 1 aromatic rings. The van der Waals surface area contributed by atoms with E-state index in [1.807, 2.05) is 45.2 Å². The quantitative estimate of drug-likeness (QED) is 0.725. The summed E-state index contributed by atoms with van der Waals surface area (Å²) in [6.45, 7) is 8.94. The van der Waals surface area contributed by atoms with Crippen molar-refractivity contribution in [2.75, 3.05) is 30.4 Å². The van der Waals surface area contributed by atoms with Gasteiger partial charge in [0.15, 0.2) is 0 Å². The van der Waals surface area contributed by atoms with Crippen molar-refractivity contribution < 1.29 is 9.90 Å². The summed E-state index contributed by atoms with van der Waals surface area (Å²) in [5, 5.41) is 15.8. The normalized spacial score (nSPS) is 14.8. The van der Waals surface area contributed by atoms with E-state index in [-0.39, 0.29) is 18.5 Å². The molecule has 0 saturated carbocycles. The number of hydrogen-bond acceptors (Lipinski definition) is 3. The van der Waals surface area contributed by atoms with Gasteiger partial charge in [-0.15, -0.1) is 0 Å². The second-order valence-electron chi connectivity index (χ2n) is 6.04. The molecule has 0 aliphatic heterocycles. The van der Waals surface area contributed by atoms with Gasteiger partial charge in [-0.2, -0.15) is 0 Å². The minimum Gasteiger partial charge on any atom is -0.388 e. The van der Waals surface area contributed by atoms with E-state index in [0.29, 0.717) is 0 Å². The second-order valence-corrected chi connectivity index (χ2v) is 6.04. The molecule has 1 rings (SSSR count). The van der Waals surface area contributed by atoms with Gasteiger partial charge in [-0.1, -0.05) is 26.3 Å². The van der Waals surface area contributed by atoms with Crippen LogP contribution in [-0.4, -0.2) is 36.9 Å². The number of amides is 2. The molecule has 0 saturated heterocycles. The molecule has 0 fully saturated rings. The molecular formula is C17H29N3O2. The van der Waals surface area contributed by atoms with Gasteiger partial charge in [-0.05, 0) is 38.0 Å². The fourth-order valence-electron chi connectivity index (χ4n) is 2.05. The lowest BCUT2D eigenvalue weighted by molar-refractivity contribution is 0.00827. The minimum atomic E-state index is -0.906. The summed E-state index contributed by atoms with van der Waals surface area (Å²) in [5.41, 5.74) is 0.876. The molecular weight excluding hydrogens is 278 g/mol. The first-order valence-corrected chi connectivity index (χ1v) is 7.88. The van der Waals surface area contributed by atoms with Gasteiger partial charge in [0.05, 0.1) is 5.60 Å². The van der Waals surface area contributed by atoms with Crippen LogP contribution in [-0.2, 0) is 0 Å². The topological polar surface area (TPSA) is 64.6 Å². The highest BCUT2D eigenvalue weighted by Gasteiger charge is 2.27. The van der Waals surface area contributed by atoms with Crippen molar-refractivity contribution >= 4 is 17.4 Å². The van der Waals surface area contributed by atoms with Gasteiger partial charge in [-0.3, -0.25) is 0 Å². The highest BCUT2D eigenvalue weighted by Crippen LogP contribution is 2.20. The first-order chi connectivity index (χ1) is 10.3. The first kappa shape index (κ1) is 18.3. The van der Waals surface area contributed by atoms with Crippen molar-refractivity contribution in [1.29, 1.82) is 0 Å². The molecule has 22 heavy (non-hydrogen) atoms. The average molecular weight is 307 g/mol. The van der Waals surface area contributed by atoms with Crippen LogP contribution in [0.1, 0.15) is 34.1 Å². The summed E-state index contributed by atoms with van der Waals surface area (Å²) in [6.07, 6.45) is 0.863. The lowest BCUT2D eigenvalue weighted by Gasteiger charge is -2.29. The number of carbonyl (C=O) groups is 1. The van der Waals surface area contributed by atoms with Crippen molar-refractivity contribution in [2.24, 2.45) is 5.92 Å². The highest BCUT2D eigenvalue weighted by atomic mass is 16.3. The van der Waals surface area contributed by atoms with E-state index in [1.54, 1.807) is 6.92 Å². The van der Waals surface area contributed by atoms with E-state index in [0.717, 1.165) is 24.3 Å². The number of nitrogens with one attached hydrogen (secondary N) is 2. The van der Waals surface area contributed by atoms with Crippen LogP contribution in [0, 0.1) is 5.92 Å². The van der Waals surface area contributed by atoms with Crippen LogP contribution in [0.4, 0.5) is 16.2 Å². The van der Waals surface area contributed by atoms with E-state index >= 15 is 0 Å². The van der Waals surface area contributed by atoms with Crippen LogP contribution >= 0.6 is 0 Å². The SMILES string of the molecule is CCC(C)C(C)(O)CNC(=O)Nc1cccc(N(C)CC)c1. The van der Waals surface area contributed by atoms with Crippen molar-refractivity contribution in [3.8, 4) is 0 Å². The van der Waals surface area contributed by atoms with E-state index in [2.05, 4.69) is 22.5 Å². The number of carbonyl (C=O) groups excluding carboxylic acids is 1. The average Bonchev–Trinajstić information content (AvgIpc) is 2.51. The Morgan fingerprint density at radius 1 is 1.41 bits per heavy atom. The predicted octanol–water partition coefficient (Wildman–Crippen LogP) is 3.06. The molecule has 0 spiro atoms. The van der Waals surface area contributed by atoms with Crippen molar-refractivity contribution in [1.82, 2.24) is 5.32 Å². The fourth-order valence-corrected chi connectivity index (χ4v) is 2.05. The van der Waals surface area contributed by atoms with Crippen LogP contribution in [0.2, 0.25) is 0 Å². The largest absolute Gasteiger partial charge is 0.388 e. The van der Waals surface area contributed by atoms with E-state index < -0.39 is 5.60 Å². The van der Waals surface area contributed by atoms with Crippen LogP contribution in [0.25, 0.3) is 0 Å². The zero-order chi connectivity index (χ0) is 16.8. The molecule has 2 atom stereocenters. The smallest absolute Gasteiger partial charge is 0.319 e. The molecule has 0 bridgehead atoms. The number of hydrogen-bond donors (Lipinski definition) is 3. The number of anilines is 2. The Labute approximate surface area is 133 Å². The summed E-state index contributed by atoms with van der Waals surface area (Å²) in [6, 6.07) is 7.38. The Morgan fingerprint density at radius 2 is 2.09 bits per heavy atom. The zero-order valence-electron chi connectivity index (χ0n) is 14.3. The zero-order valence-corrected chi connectivity index (χ0v) is 14.3. The number of urea groups is 1. The van der Waals surface area contributed by atoms with Gasteiger partial charge in [0.25, 0.3) is 0 Å². The number of rotatable bonds is 7. The third kappa shape index (κ3) is 5.22. The van der Waals surface area contributed by atoms with Gasteiger partial charge in [-0.25, -0.2) is 4.79 Å². The Kier molecular flexibility index (Phi) is 6.68. The standard InChI is InChI=1S/C17H29N3O2/c1-6-13(3)17(4,22)12-18-16(21)19-14-9-8-10-15(11-14)20(5)7-2/h8-11,13,22H,6-7,12H2,1-5H3,(H2,18,19,21). The van der Waals surface area contributed by atoms with Gasteiger partial charge in [0, 0.05) is 31.5 Å². The lowest BCUT2D eigenvalue weighted by atomic mass is 9.89. The van der Waals surface area contributed by atoms with Gasteiger partial charge in [0.1, 0.15) is 0 Å². The molecule has 2 unspecified atom stereocenters. The van der Waals surface area contributed by atoms with E-state index in [9.17, 15) is 9.90 Å². The maximum absolute atomic E-state index is 12.0. The summed E-state index contributed by atoms with van der Waals surface area (Å²) in [5.74, 6) is 0.120. The molecule has 124 valence electrons. The molecule has 5 heteroatoms. The third-order valence-corrected chi connectivity index (χ3v) is 4.30. The maximum atomic E-state index is 12.0. The van der Waals surface area contributed by atoms with Crippen molar-refractivity contribution in [3.05, 3.63) is 24.3 Å². The Morgan fingerprint density at radius 3 is 2.68 bits per heavy atom. The molecule has 5 nitrogen and oxygen atoms in total. The number of nitrogens with zero attached hydrogens (tertiary/aromatic N) is 1. The lowest BCUT2D eigenvalue weighted by Crippen LogP contribution is -2.46. The van der Waals surface area contributed by atoms with Crippen LogP contribution in [0.3, 0.4) is 0 Å². The van der Waals surface area contributed by atoms with Gasteiger partial charge < -0.3 is 20.6 Å². The third-order valence-electron chi connectivity index (χ3n) is 4.30. The van der Waals surface area contributed by atoms with E-state index in [4.69, 9.17) is 0 Å². The van der Waals surface area contributed by atoms with E-state index in [1.165, 1.54) is 0 Å². The molecule has 0 radical (unpaired) electrons. The summed E-state index contributed by atoms with van der Waals surface area (Å²) >= 11 is 0. The first-order valence-electron chi connectivity index (χ1n) is 7.88. The monoisotopic (exact) mass is 307 g/mol. The van der Waals surface area contributed by atoms with Crippen molar-refractivity contribution in [2.45, 2.75) is 39.7 Å². The molecule has 0 aromatic heterocycles. The summed E-state index contributed by atoms with van der Waals surface area (Å²) in [4.78, 5) is 14.1. The van der Waals surface area contributed by atoms with Gasteiger partial charge in [0.2, 0.25) is 0 Å². The maximum Gasteiger partial charge on any atom is 0.319 e. The Hall–Kier alpha value is -1.75. The minimum absolute atomic E-state index is 0.120. The second kappa shape index (κ2) is 8.03. The van der Waals surface area contributed by atoms with Crippen LogP contribution < -0.4 is 15.5 Å². The Balaban J connectivity index is 2.59. The summed E-state index contributed by atoms with van der Waals surface area (Å²) < 4.78 is 0. The highest BCUT2D eigenvalue weighted by molar-refractivity contribution is 5.89. The van der Waals surface area contributed by atoms with Crippen LogP contribution in [0.15, 0.2) is 24.3 Å². The molecule has 2 amide bonds. The number of aliphatic hydroxyl groups is 1. The predicted molar refractivity (Wildman–Crippen MR) is 92.5 cm³/mol. The molecule has 0 aliphatic rings. The molecule has 1 aromatic carbocycles. The number of benzene rings is 1. The molecule has 0 heterocycles.